The molecular formula is C24H24Cl2N4O2S. The third-order valence-electron chi connectivity index (χ3n) is 5.74. The third kappa shape index (κ3) is 4.58. The number of thiocarbonyl (C=S) groups is 1. The Balaban J connectivity index is 1.83. The van der Waals surface area contributed by atoms with Crippen molar-refractivity contribution >= 4 is 46.5 Å². The summed E-state index contributed by atoms with van der Waals surface area (Å²) in [6.45, 7) is 6.19. The number of pyridine rings is 1. The molecule has 4 rings (SSSR count). The fourth-order valence-corrected chi connectivity index (χ4v) is 5.18. The van der Waals surface area contributed by atoms with E-state index in [2.05, 4.69) is 20.9 Å². The zero-order valence-corrected chi connectivity index (χ0v) is 20.8. The summed E-state index contributed by atoms with van der Waals surface area (Å²) >= 11 is 18.3. The second kappa shape index (κ2) is 9.71. The molecule has 0 saturated carbocycles. The summed E-state index contributed by atoms with van der Waals surface area (Å²) in [7, 11) is 0. The Bertz CT molecular complexity index is 1200. The molecule has 1 saturated heterocycles. The molecule has 3 heterocycles. The lowest BCUT2D eigenvalue weighted by molar-refractivity contribution is -0.143. The summed E-state index contributed by atoms with van der Waals surface area (Å²) in [6.07, 6.45) is 1.75. The summed E-state index contributed by atoms with van der Waals surface area (Å²) < 4.78 is 7.30. The van der Waals surface area contributed by atoms with Gasteiger partial charge in [-0.1, -0.05) is 29.3 Å². The number of benzene rings is 1. The highest BCUT2D eigenvalue weighted by molar-refractivity contribution is 7.80. The van der Waals surface area contributed by atoms with Crippen LogP contribution in [0.25, 0.3) is 5.69 Å². The van der Waals surface area contributed by atoms with Gasteiger partial charge in [0.05, 0.1) is 35.1 Å². The molecule has 3 aromatic rings. The van der Waals surface area contributed by atoms with Gasteiger partial charge in [-0.05, 0) is 75.0 Å². The molecule has 9 heteroatoms. The topological polar surface area (TPSA) is 59.4 Å². The van der Waals surface area contributed by atoms with Gasteiger partial charge in [0, 0.05) is 22.6 Å². The maximum Gasteiger partial charge on any atom is 0.325 e. The predicted octanol–water partition coefficient (Wildman–Crippen LogP) is 5.33. The Labute approximate surface area is 208 Å². The van der Waals surface area contributed by atoms with Gasteiger partial charge >= 0.3 is 5.97 Å². The van der Waals surface area contributed by atoms with Crippen LogP contribution in [0, 0.1) is 13.8 Å². The summed E-state index contributed by atoms with van der Waals surface area (Å²) in [5.74, 6) is -0.331. The van der Waals surface area contributed by atoms with Crippen LogP contribution in [-0.2, 0) is 9.53 Å². The standard InChI is InChI=1S/C24H24Cl2N4O2S/c1-4-32-21(31)13-29-23(22(28-24(29)33)19-7-5-6-10-27-19)17-11-14(2)30(15(17)3)20-9-8-16(25)12-18(20)26/h5-12,22-23H,4,13H2,1-3H3,(H,28,33)/t22-,23+/m1/s1. The molecule has 1 aliphatic heterocycles. The molecule has 0 radical (unpaired) electrons. The second-order valence-electron chi connectivity index (χ2n) is 7.82. The Hall–Kier alpha value is -2.61. The van der Waals surface area contributed by atoms with Gasteiger partial charge in [0.25, 0.3) is 0 Å². The molecule has 0 aliphatic carbocycles. The van der Waals surface area contributed by atoms with Crippen molar-refractivity contribution < 1.29 is 9.53 Å². The lowest BCUT2D eigenvalue weighted by Gasteiger charge is -2.27. The van der Waals surface area contributed by atoms with Gasteiger partial charge in [-0.2, -0.15) is 0 Å². The second-order valence-corrected chi connectivity index (χ2v) is 9.05. The molecule has 1 N–H and O–H groups in total. The molecule has 2 atom stereocenters. The van der Waals surface area contributed by atoms with Crippen LogP contribution < -0.4 is 5.32 Å². The van der Waals surface area contributed by atoms with Crippen molar-refractivity contribution in [1.82, 2.24) is 19.8 Å². The molecule has 6 nitrogen and oxygen atoms in total. The number of halogens is 2. The average molecular weight is 503 g/mol. The average Bonchev–Trinajstić information content (AvgIpc) is 3.25. The van der Waals surface area contributed by atoms with Gasteiger partial charge in [0.1, 0.15) is 6.54 Å². The molecule has 0 spiro atoms. The Kier molecular flexibility index (Phi) is 6.93. The van der Waals surface area contributed by atoms with Gasteiger partial charge < -0.3 is 19.5 Å². The minimum absolute atomic E-state index is 0.0407. The van der Waals surface area contributed by atoms with Crippen LogP contribution >= 0.6 is 35.4 Å². The number of aromatic nitrogens is 2. The van der Waals surface area contributed by atoms with Crippen LogP contribution in [0.3, 0.4) is 0 Å². The van der Waals surface area contributed by atoms with Crippen molar-refractivity contribution in [2.75, 3.05) is 13.2 Å². The molecule has 0 bridgehead atoms. The molecule has 172 valence electrons. The van der Waals surface area contributed by atoms with Crippen LogP contribution in [0.15, 0.2) is 48.7 Å². The number of aryl methyl sites for hydroxylation is 1. The first-order valence-corrected chi connectivity index (χ1v) is 11.8. The minimum atomic E-state index is -0.331. The fourth-order valence-electron chi connectivity index (χ4n) is 4.38. The first-order valence-electron chi connectivity index (χ1n) is 10.6. The summed E-state index contributed by atoms with van der Waals surface area (Å²) in [4.78, 5) is 18.8. The number of nitrogens with zero attached hydrogens (tertiary/aromatic N) is 3. The van der Waals surface area contributed by atoms with Crippen LogP contribution in [0.4, 0.5) is 0 Å². The quantitative estimate of drug-likeness (QED) is 0.363. The smallest absolute Gasteiger partial charge is 0.325 e. The van der Waals surface area contributed by atoms with Gasteiger partial charge in [-0.3, -0.25) is 9.78 Å². The number of carbonyl (C=O) groups excluding carboxylic acids is 1. The number of rotatable bonds is 6. The van der Waals surface area contributed by atoms with Crippen molar-refractivity contribution in [3.63, 3.8) is 0 Å². The van der Waals surface area contributed by atoms with Crippen LogP contribution in [0.2, 0.25) is 10.0 Å². The van der Waals surface area contributed by atoms with Crippen molar-refractivity contribution in [2.45, 2.75) is 32.9 Å². The van der Waals surface area contributed by atoms with E-state index in [-0.39, 0.29) is 24.6 Å². The molecule has 33 heavy (non-hydrogen) atoms. The maximum absolute atomic E-state index is 12.4. The molecule has 0 amide bonds. The normalized spacial score (nSPS) is 17.8. The Morgan fingerprint density at radius 3 is 2.67 bits per heavy atom. The van der Waals surface area contributed by atoms with Gasteiger partial charge in [0.15, 0.2) is 5.11 Å². The molecule has 1 aliphatic rings. The van der Waals surface area contributed by atoms with Crippen LogP contribution in [0.5, 0.6) is 0 Å². The Morgan fingerprint density at radius 2 is 2.00 bits per heavy atom. The van der Waals surface area contributed by atoms with E-state index < -0.39 is 0 Å². The van der Waals surface area contributed by atoms with Crippen molar-refractivity contribution in [1.29, 1.82) is 0 Å². The van der Waals surface area contributed by atoms with E-state index >= 15 is 0 Å². The zero-order chi connectivity index (χ0) is 23.7. The number of hydrogen-bond acceptors (Lipinski definition) is 4. The third-order valence-corrected chi connectivity index (χ3v) is 6.63. The SMILES string of the molecule is CCOC(=O)CN1C(=S)N[C@H](c2ccccn2)[C@@H]1c1cc(C)n(-c2ccc(Cl)cc2Cl)c1C. The highest BCUT2D eigenvalue weighted by Crippen LogP contribution is 2.41. The first kappa shape index (κ1) is 23.5. The van der Waals surface area contributed by atoms with E-state index in [0.717, 1.165) is 28.3 Å². The highest BCUT2D eigenvalue weighted by atomic mass is 35.5. The monoisotopic (exact) mass is 502 g/mol. The van der Waals surface area contributed by atoms with Crippen LogP contribution in [0.1, 0.15) is 41.7 Å². The number of carbonyl (C=O) groups is 1. The molecule has 1 aromatic carbocycles. The number of esters is 1. The van der Waals surface area contributed by atoms with Crippen LogP contribution in [-0.4, -0.2) is 38.7 Å². The lowest BCUT2D eigenvalue weighted by Crippen LogP contribution is -2.35. The van der Waals surface area contributed by atoms with E-state index in [4.69, 9.17) is 40.2 Å². The molecular weight excluding hydrogens is 479 g/mol. The van der Waals surface area contributed by atoms with Gasteiger partial charge in [-0.25, -0.2) is 0 Å². The van der Waals surface area contributed by atoms with E-state index in [1.54, 1.807) is 19.2 Å². The first-order chi connectivity index (χ1) is 15.8. The van der Waals surface area contributed by atoms with E-state index in [0.29, 0.717) is 21.8 Å². The van der Waals surface area contributed by atoms with E-state index in [9.17, 15) is 4.79 Å². The summed E-state index contributed by atoms with van der Waals surface area (Å²) in [5, 5.41) is 4.98. The summed E-state index contributed by atoms with van der Waals surface area (Å²) in [6, 6.07) is 12.8. The molecule has 0 unspecified atom stereocenters. The van der Waals surface area contributed by atoms with Crippen molar-refractivity contribution in [2.24, 2.45) is 0 Å². The van der Waals surface area contributed by atoms with E-state index in [1.165, 1.54) is 0 Å². The van der Waals surface area contributed by atoms with Gasteiger partial charge in [-0.15, -0.1) is 0 Å². The highest BCUT2D eigenvalue weighted by Gasteiger charge is 2.42. The van der Waals surface area contributed by atoms with E-state index in [1.807, 2.05) is 49.1 Å². The number of ether oxygens (including phenoxy) is 1. The number of hydrogen-bond donors (Lipinski definition) is 1. The minimum Gasteiger partial charge on any atom is -0.465 e. The number of nitrogens with one attached hydrogen (secondary N) is 1. The zero-order valence-electron chi connectivity index (χ0n) is 18.5. The van der Waals surface area contributed by atoms with Crippen molar-refractivity contribution in [3.05, 3.63) is 81.4 Å². The largest absolute Gasteiger partial charge is 0.465 e. The predicted molar refractivity (Wildman–Crippen MR) is 134 cm³/mol. The summed E-state index contributed by atoms with van der Waals surface area (Å²) in [5.41, 5.74) is 4.68. The Morgan fingerprint density at radius 1 is 1.21 bits per heavy atom. The fraction of sp³-hybridized carbons (Fsp3) is 0.292. The molecule has 1 fully saturated rings. The maximum atomic E-state index is 12.4. The van der Waals surface area contributed by atoms with Gasteiger partial charge in [0.2, 0.25) is 0 Å². The molecule has 2 aromatic heterocycles. The van der Waals surface area contributed by atoms with Crippen molar-refractivity contribution in [3.8, 4) is 5.69 Å². The lowest BCUT2D eigenvalue weighted by atomic mass is 9.97.